The summed E-state index contributed by atoms with van der Waals surface area (Å²) in [5.74, 6) is -0.392. The molecule has 198 valence electrons. The van der Waals surface area contributed by atoms with Crippen molar-refractivity contribution in [3.63, 3.8) is 0 Å². The maximum absolute atomic E-state index is 13.8. The predicted molar refractivity (Wildman–Crippen MR) is 141 cm³/mol. The van der Waals surface area contributed by atoms with Crippen LogP contribution in [0.2, 0.25) is 0 Å². The van der Waals surface area contributed by atoms with E-state index < -0.39 is 0 Å². The van der Waals surface area contributed by atoms with Crippen LogP contribution in [0.1, 0.15) is 74.9 Å². The van der Waals surface area contributed by atoms with Crippen LogP contribution in [-0.2, 0) is 22.3 Å². The number of epoxide rings is 2. The molecule has 5 rings (SSSR count). The number of benzene rings is 2. The molecule has 0 radical (unpaired) electrons. The number of nitrogens with zero attached hydrogens (tertiary/aromatic N) is 1. The van der Waals surface area contributed by atoms with Gasteiger partial charge >= 0.3 is 0 Å². The molecule has 3 heterocycles. The highest BCUT2D eigenvalue weighted by atomic mass is 16.6. The molecule has 0 aliphatic carbocycles. The van der Waals surface area contributed by atoms with E-state index in [1.807, 2.05) is 0 Å². The molecule has 0 spiro atoms. The molecule has 0 bridgehead atoms. The van der Waals surface area contributed by atoms with E-state index in [4.69, 9.17) is 9.47 Å². The molecule has 3 aliphatic rings. The fourth-order valence-electron chi connectivity index (χ4n) is 5.70. The zero-order valence-corrected chi connectivity index (χ0v) is 22.1. The summed E-state index contributed by atoms with van der Waals surface area (Å²) in [5, 5.41) is 31.3. The molecule has 1 amide bonds. The van der Waals surface area contributed by atoms with Crippen molar-refractivity contribution >= 4 is 11.6 Å². The number of amides is 1. The standard InChI is InChI=1S/C30H37NO6/c1-18(2)7-6-13-29(3)26(36-29)12-14-30(4)27(37-30)17-31-23-15-19(32)16-25(34)22(23)11-10-20-21(28(31)35)8-5-9-24(20)33/h5,7-9,15-16,26-27,32-34H,6,10-14,17H2,1-4H3. The number of ether oxygens (including phenoxy) is 2. The Kier molecular flexibility index (Phi) is 6.49. The normalized spacial score (nSPS) is 28.1. The highest BCUT2D eigenvalue weighted by Crippen LogP contribution is 2.49. The number of hydrogen-bond acceptors (Lipinski definition) is 6. The Morgan fingerprint density at radius 2 is 1.70 bits per heavy atom. The smallest absolute Gasteiger partial charge is 0.258 e. The van der Waals surface area contributed by atoms with Gasteiger partial charge in [0.05, 0.1) is 29.5 Å². The second-order valence-corrected chi connectivity index (χ2v) is 11.4. The third-order valence-electron chi connectivity index (χ3n) is 8.25. The molecule has 0 saturated carbocycles. The van der Waals surface area contributed by atoms with Crippen LogP contribution in [0, 0.1) is 0 Å². The van der Waals surface area contributed by atoms with Gasteiger partial charge in [-0.1, -0.05) is 17.7 Å². The number of allylic oxidation sites excluding steroid dienone is 2. The molecule has 37 heavy (non-hydrogen) atoms. The fraction of sp³-hybridized carbons (Fsp3) is 0.500. The van der Waals surface area contributed by atoms with Gasteiger partial charge < -0.3 is 29.7 Å². The largest absolute Gasteiger partial charge is 0.508 e. The molecule has 7 heteroatoms. The van der Waals surface area contributed by atoms with Crippen molar-refractivity contribution in [2.24, 2.45) is 0 Å². The van der Waals surface area contributed by atoms with Crippen LogP contribution in [-0.4, -0.2) is 51.2 Å². The van der Waals surface area contributed by atoms with E-state index in [1.54, 1.807) is 23.1 Å². The SMILES string of the molecule is CC(C)=CCCC1(C)OC1CCC1(C)OC1CN1C(=O)c2cccc(O)c2CCc2c(O)cc(O)cc21. The summed E-state index contributed by atoms with van der Waals surface area (Å²) in [6.45, 7) is 8.74. The number of aromatic hydroxyl groups is 3. The Balaban J connectivity index is 1.31. The summed E-state index contributed by atoms with van der Waals surface area (Å²) >= 11 is 0. The molecule has 2 fully saturated rings. The minimum Gasteiger partial charge on any atom is -0.508 e. The van der Waals surface area contributed by atoms with E-state index in [9.17, 15) is 20.1 Å². The third-order valence-corrected chi connectivity index (χ3v) is 8.25. The molecule has 2 aromatic rings. The summed E-state index contributed by atoms with van der Waals surface area (Å²) in [6, 6.07) is 7.76. The lowest BCUT2D eigenvalue weighted by Gasteiger charge is -2.29. The Morgan fingerprint density at radius 3 is 2.46 bits per heavy atom. The number of hydrogen-bond donors (Lipinski definition) is 3. The Hall–Kier alpha value is -3.03. The highest BCUT2D eigenvalue weighted by Gasteiger charge is 2.57. The van der Waals surface area contributed by atoms with E-state index in [2.05, 4.69) is 33.8 Å². The lowest BCUT2D eigenvalue weighted by molar-refractivity contribution is 0.0982. The van der Waals surface area contributed by atoms with Gasteiger partial charge in [-0.2, -0.15) is 0 Å². The van der Waals surface area contributed by atoms with Gasteiger partial charge in [0.15, 0.2) is 0 Å². The molecule has 0 aromatic heterocycles. The van der Waals surface area contributed by atoms with Crippen LogP contribution >= 0.6 is 0 Å². The van der Waals surface area contributed by atoms with Crippen LogP contribution in [0.4, 0.5) is 5.69 Å². The molecule has 4 unspecified atom stereocenters. The number of anilines is 1. The molecule has 7 nitrogen and oxygen atoms in total. The molecule has 2 aromatic carbocycles. The summed E-state index contributed by atoms with van der Waals surface area (Å²) in [7, 11) is 0. The van der Waals surface area contributed by atoms with Crippen molar-refractivity contribution in [3.05, 3.63) is 58.7 Å². The molecule has 3 aliphatic heterocycles. The van der Waals surface area contributed by atoms with E-state index in [-0.39, 0.29) is 53.1 Å². The van der Waals surface area contributed by atoms with Crippen molar-refractivity contribution in [1.82, 2.24) is 0 Å². The van der Waals surface area contributed by atoms with Crippen LogP contribution in [0.5, 0.6) is 17.2 Å². The number of carbonyl (C=O) groups is 1. The number of carbonyl (C=O) groups excluding carboxylic acids is 1. The topological polar surface area (TPSA) is 106 Å². The minimum absolute atomic E-state index is 0.0653. The number of phenolic OH excluding ortho intramolecular Hbond substituents is 3. The summed E-state index contributed by atoms with van der Waals surface area (Å²) in [5.41, 5.74) is 2.90. The number of fused-ring (bicyclic) bond motifs is 2. The van der Waals surface area contributed by atoms with Gasteiger partial charge in [0.1, 0.15) is 23.4 Å². The maximum atomic E-state index is 13.8. The second kappa shape index (κ2) is 9.37. The number of rotatable bonds is 8. The lowest BCUT2D eigenvalue weighted by Crippen LogP contribution is -2.38. The quantitative estimate of drug-likeness (QED) is 0.327. The van der Waals surface area contributed by atoms with Gasteiger partial charge in [-0.15, -0.1) is 0 Å². The van der Waals surface area contributed by atoms with Crippen molar-refractivity contribution in [2.75, 3.05) is 11.4 Å². The van der Waals surface area contributed by atoms with Crippen LogP contribution in [0.15, 0.2) is 42.0 Å². The zero-order chi connectivity index (χ0) is 26.5. The van der Waals surface area contributed by atoms with Crippen LogP contribution < -0.4 is 4.90 Å². The van der Waals surface area contributed by atoms with Crippen molar-refractivity contribution in [1.29, 1.82) is 0 Å². The van der Waals surface area contributed by atoms with E-state index >= 15 is 0 Å². The van der Waals surface area contributed by atoms with Gasteiger partial charge in [0.25, 0.3) is 5.91 Å². The predicted octanol–water partition coefficient (Wildman–Crippen LogP) is 5.39. The molecule has 3 N–H and O–H groups in total. The zero-order valence-electron chi connectivity index (χ0n) is 22.1. The highest BCUT2D eigenvalue weighted by molar-refractivity contribution is 6.08. The lowest BCUT2D eigenvalue weighted by atomic mass is 9.92. The maximum Gasteiger partial charge on any atom is 0.258 e. The van der Waals surface area contributed by atoms with Gasteiger partial charge in [-0.05, 0) is 78.4 Å². The second-order valence-electron chi connectivity index (χ2n) is 11.4. The van der Waals surface area contributed by atoms with Gasteiger partial charge in [-0.25, -0.2) is 0 Å². The molecular weight excluding hydrogens is 470 g/mol. The van der Waals surface area contributed by atoms with Crippen molar-refractivity contribution in [3.8, 4) is 17.2 Å². The van der Waals surface area contributed by atoms with Gasteiger partial charge in [-0.3, -0.25) is 4.79 Å². The van der Waals surface area contributed by atoms with Crippen molar-refractivity contribution in [2.45, 2.75) is 89.6 Å². The van der Waals surface area contributed by atoms with Crippen LogP contribution in [0.3, 0.4) is 0 Å². The molecular formula is C30H37NO6. The first kappa shape index (κ1) is 25.6. The minimum atomic E-state index is -0.379. The fourth-order valence-corrected chi connectivity index (χ4v) is 5.70. The Bertz CT molecular complexity index is 1250. The monoisotopic (exact) mass is 507 g/mol. The molecule has 4 atom stereocenters. The Morgan fingerprint density at radius 1 is 1.00 bits per heavy atom. The average molecular weight is 508 g/mol. The van der Waals surface area contributed by atoms with Crippen molar-refractivity contribution < 1.29 is 29.6 Å². The van der Waals surface area contributed by atoms with Gasteiger partial charge in [0, 0.05) is 28.8 Å². The van der Waals surface area contributed by atoms with E-state index in [1.165, 1.54) is 17.7 Å². The molecule has 2 saturated heterocycles. The number of phenols is 3. The van der Waals surface area contributed by atoms with E-state index in [0.717, 1.165) is 25.7 Å². The third kappa shape index (κ3) is 5.07. The Labute approximate surface area is 218 Å². The first-order valence-corrected chi connectivity index (χ1v) is 13.2. The first-order chi connectivity index (χ1) is 17.5. The van der Waals surface area contributed by atoms with Crippen LogP contribution in [0.25, 0.3) is 0 Å². The average Bonchev–Trinajstić information content (AvgIpc) is 3.68. The summed E-state index contributed by atoms with van der Waals surface area (Å²) in [4.78, 5) is 15.4. The summed E-state index contributed by atoms with van der Waals surface area (Å²) < 4.78 is 12.2. The summed E-state index contributed by atoms with van der Waals surface area (Å²) in [6.07, 6.45) is 6.82. The first-order valence-electron chi connectivity index (χ1n) is 13.2. The van der Waals surface area contributed by atoms with E-state index in [0.29, 0.717) is 35.2 Å². The van der Waals surface area contributed by atoms with Gasteiger partial charge in [0.2, 0.25) is 0 Å².